The standard InChI is InChI=1S/C17H23BrN2O6S/c1-17(2,3)26-16(23)19-7-8-20(14(11-19)15(21)22)27(24,25)13-6-4-5-12(9-13)10-18/h4-6,9,14H,7-8,10-11H2,1-3H3,(H,21,22)/t14-/m1/s1. The number of benzene rings is 1. The van der Waals surface area contributed by atoms with Gasteiger partial charge in [-0.25, -0.2) is 13.2 Å². The number of aliphatic carboxylic acids is 1. The number of hydrogen-bond acceptors (Lipinski definition) is 5. The number of halogens is 1. The first-order valence-electron chi connectivity index (χ1n) is 8.33. The zero-order valence-corrected chi connectivity index (χ0v) is 17.8. The second kappa shape index (κ2) is 8.15. The molecule has 1 N–H and O–H groups in total. The van der Waals surface area contributed by atoms with Gasteiger partial charge in [0.15, 0.2) is 0 Å². The molecule has 27 heavy (non-hydrogen) atoms. The lowest BCUT2D eigenvalue weighted by Crippen LogP contribution is -2.59. The average Bonchev–Trinajstić information content (AvgIpc) is 2.59. The van der Waals surface area contributed by atoms with Gasteiger partial charge in [-0.1, -0.05) is 28.1 Å². The summed E-state index contributed by atoms with van der Waals surface area (Å²) in [5.41, 5.74) is 0.0325. The second-order valence-electron chi connectivity index (χ2n) is 7.18. The van der Waals surface area contributed by atoms with Crippen molar-refractivity contribution < 1.29 is 27.9 Å². The molecule has 1 heterocycles. The van der Waals surface area contributed by atoms with Gasteiger partial charge in [0.1, 0.15) is 11.6 Å². The maximum absolute atomic E-state index is 13.0. The summed E-state index contributed by atoms with van der Waals surface area (Å²) in [6.07, 6.45) is -0.660. The quantitative estimate of drug-likeness (QED) is 0.688. The number of rotatable bonds is 4. The van der Waals surface area contributed by atoms with E-state index in [-0.39, 0.29) is 24.5 Å². The molecule has 0 radical (unpaired) electrons. The van der Waals surface area contributed by atoms with Crippen molar-refractivity contribution in [3.05, 3.63) is 29.8 Å². The summed E-state index contributed by atoms with van der Waals surface area (Å²) in [7, 11) is -4.02. The minimum atomic E-state index is -4.02. The van der Waals surface area contributed by atoms with Crippen LogP contribution in [0.5, 0.6) is 0 Å². The number of amides is 1. The fraction of sp³-hybridized carbons (Fsp3) is 0.529. The van der Waals surface area contributed by atoms with Crippen molar-refractivity contribution in [1.82, 2.24) is 9.21 Å². The summed E-state index contributed by atoms with van der Waals surface area (Å²) in [6, 6.07) is 4.92. The molecule has 0 saturated carbocycles. The van der Waals surface area contributed by atoms with Crippen LogP contribution in [-0.2, 0) is 24.9 Å². The summed E-state index contributed by atoms with van der Waals surface area (Å²) < 4.78 is 32.2. The first-order chi connectivity index (χ1) is 12.5. The molecule has 150 valence electrons. The number of carboxylic acids is 1. The molecule has 1 atom stereocenters. The first-order valence-corrected chi connectivity index (χ1v) is 10.9. The third-order valence-electron chi connectivity index (χ3n) is 3.93. The molecule has 10 heteroatoms. The Morgan fingerprint density at radius 1 is 1.30 bits per heavy atom. The highest BCUT2D eigenvalue weighted by Crippen LogP contribution is 2.24. The number of carboxylic acid groups (broad SMARTS) is 1. The minimum Gasteiger partial charge on any atom is -0.480 e. The molecule has 0 aliphatic carbocycles. The molecule has 1 amide bonds. The Morgan fingerprint density at radius 3 is 2.52 bits per heavy atom. The van der Waals surface area contributed by atoms with E-state index in [1.165, 1.54) is 17.0 Å². The van der Waals surface area contributed by atoms with E-state index in [0.717, 1.165) is 9.87 Å². The maximum Gasteiger partial charge on any atom is 0.410 e. The topological polar surface area (TPSA) is 104 Å². The molecular formula is C17H23BrN2O6S. The summed E-state index contributed by atoms with van der Waals surface area (Å²) in [4.78, 5) is 25.2. The molecule has 8 nitrogen and oxygen atoms in total. The Bertz CT molecular complexity index is 821. The van der Waals surface area contributed by atoms with Crippen molar-refractivity contribution in [3.8, 4) is 0 Å². The van der Waals surface area contributed by atoms with Crippen molar-refractivity contribution in [2.24, 2.45) is 0 Å². The highest BCUT2D eigenvalue weighted by molar-refractivity contribution is 9.08. The van der Waals surface area contributed by atoms with Crippen LogP contribution in [-0.4, -0.2) is 66.1 Å². The van der Waals surface area contributed by atoms with E-state index in [4.69, 9.17) is 4.74 Å². The van der Waals surface area contributed by atoms with Crippen molar-refractivity contribution in [2.75, 3.05) is 19.6 Å². The van der Waals surface area contributed by atoms with Gasteiger partial charge in [0.05, 0.1) is 11.4 Å². The van der Waals surface area contributed by atoms with Crippen molar-refractivity contribution in [2.45, 2.75) is 42.6 Å². The molecule has 2 rings (SSSR count). The molecule has 0 aromatic heterocycles. The van der Waals surface area contributed by atoms with Crippen LogP contribution in [0.2, 0.25) is 0 Å². The summed E-state index contributed by atoms with van der Waals surface area (Å²) in [6.45, 7) is 4.76. The lowest BCUT2D eigenvalue weighted by Gasteiger charge is -2.38. The van der Waals surface area contributed by atoms with Crippen molar-refractivity contribution in [3.63, 3.8) is 0 Å². The van der Waals surface area contributed by atoms with Gasteiger partial charge in [0.25, 0.3) is 0 Å². The smallest absolute Gasteiger partial charge is 0.410 e. The van der Waals surface area contributed by atoms with Gasteiger partial charge in [-0.05, 0) is 38.5 Å². The van der Waals surface area contributed by atoms with E-state index < -0.39 is 33.7 Å². The van der Waals surface area contributed by atoms with Crippen molar-refractivity contribution >= 4 is 38.0 Å². The SMILES string of the molecule is CC(C)(C)OC(=O)N1CCN(S(=O)(=O)c2cccc(CBr)c2)[C@@H](C(=O)O)C1. The van der Waals surface area contributed by atoms with E-state index in [9.17, 15) is 23.1 Å². The minimum absolute atomic E-state index is 0.0245. The number of hydrogen-bond donors (Lipinski definition) is 1. The number of carbonyl (C=O) groups is 2. The van der Waals surface area contributed by atoms with Crippen LogP contribution in [0.3, 0.4) is 0 Å². The predicted molar refractivity (Wildman–Crippen MR) is 102 cm³/mol. The van der Waals surface area contributed by atoms with E-state index in [0.29, 0.717) is 5.33 Å². The van der Waals surface area contributed by atoms with Crippen LogP contribution >= 0.6 is 15.9 Å². The molecule has 1 aliphatic rings. The molecule has 1 aromatic carbocycles. The van der Waals surface area contributed by atoms with Gasteiger partial charge in [-0.15, -0.1) is 0 Å². The van der Waals surface area contributed by atoms with Gasteiger partial charge in [0.2, 0.25) is 10.0 Å². The number of sulfonamides is 1. The summed E-state index contributed by atoms with van der Waals surface area (Å²) in [5.74, 6) is -1.32. The Labute approximate surface area is 167 Å². The number of piperazine rings is 1. The molecule has 1 saturated heterocycles. The maximum atomic E-state index is 13.0. The second-order valence-corrected chi connectivity index (χ2v) is 9.63. The monoisotopic (exact) mass is 462 g/mol. The third kappa shape index (κ3) is 5.20. The number of ether oxygens (including phenoxy) is 1. The molecule has 0 unspecified atom stereocenters. The molecule has 0 spiro atoms. The zero-order valence-electron chi connectivity index (χ0n) is 15.4. The van der Waals surface area contributed by atoms with Crippen LogP contribution in [0.1, 0.15) is 26.3 Å². The fourth-order valence-electron chi connectivity index (χ4n) is 2.67. The Balaban J connectivity index is 2.27. The van der Waals surface area contributed by atoms with E-state index in [2.05, 4.69) is 15.9 Å². The number of carbonyl (C=O) groups excluding carboxylic acids is 1. The Hall–Kier alpha value is -1.65. The van der Waals surface area contributed by atoms with Crippen molar-refractivity contribution in [1.29, 1.82) is 0 Å². The molecule has 0 bridgehead atoms. The van der Waals surface area contributed by atoms with Gasteiger partial charge in [-0.3, -0.25) is 4.79 Å². The van der Waals surface area contributed by atoms with Crippen LogP contribution in [0.4, 0.5) is 4.79 Å². The Kier molecular flexibility index (Phi) is 6.54. The molecular weight excluding hydrogens is 440 g/mol. The zero-order chi connectivity index (χ0) is 20.4. The first kappa shape index (κ1) is 21.6. The highest BCUT2D eigenvalue weighted by Gasteiger charge is 2.42. The van der Waals surface area contributed by atoms with Gasteiger partial charge < -0.3 is 14.7 Å². The lowest BCUT2D eigenvalue weighted by molar-refractivity contribution is -0.143. The third-order valence-corrected chi connectivity index (χ3v) is 6.48. The molecule has 1 aliphatic heterocycles. The van der Waals surface area contributed by atoms with E-state index >= 15 is 0 Å². The van der Waals surface area contributed by atoms with Crippen LogP contribution in [0, 0.1) is 0 Å². The summed E-state index contributed by atoms with van der Waals surface area (Å²) in [5, 5.41) is 10.0. The van der Waals surface area contributed by atoms with Crippen LogP contribution in [0.15, 0.2) is 29.2 Å². The van der Waals surface area contributed by atoms with Gasteiger partial charge >= 0.3 is 12.1 Å². The summed E-state index contributed by atoms with van der Waals surface area (Å²) >= 11 is 3.28. The fourth-order valence-corrected chi connectivity index (χ4v) is 4.66. The van der Waals surface area contributed by atoms with Gasteiger partial charge in [-0.2, -0.15) is 4.31 Å². The molecule has 1 aromatic rings. The van der Waals surface area contributed by atoms with E-state index in [1.807, 2.05) is 0 Å². The van der Waals surface area contributed by atoms with Gasteiger partial charge in [0, 0.05) is 18.4 Å². The van der Waals surface area contributed by atoms with Crippen LogP contribution < -0.4 is 0 Å². The number of alkyl halides is 1. The largest absolute Gasteiger partial charge is 0.480 e. The number of nitrogens with zero attached hydrogens (tertiary/aromatic N) is 2. The van der Waals surface area contributed by atoms with Crippen LogP contribution in [0.25, 0.3) is 0 Å². The molecule has 1 fully saturated rings. The lowest BCUT2D eigenvalue weighted by atomic mass is 10.2. The predicted octanol–water partition coefficient (Wildman–Crippen LogP) is 2.28. The highest BCUT2D eigenvalue weighted by atomic mass is 79.9. The van der Waals surface area contributed by atoms with E-state index in [1.54, 1.807) is 32.9 Å². The average molecular weight is 463 g/mol. The Morgan fingerprint density at radius 2 is 1.96 bits per heavy atom. The normalized spacial score (nSPS) is 19.0.